The zero-order valence-corrected chi connectivity index (χ0v) is 12.3. The predicted molar refractivity (Wildman–Crippen MR) is 73.3 cm³/mol. The van der Waals surface area contributed by atoms with Gasteiger partial charge in [0, 0.05) is 8.95 Å². The van der Waals surface area contributed by atoms with Gasteiger partial charge >= 0.3 is 0 Å². The van der Waals surface area contributed by atoms with Gasteiger partial charge in [-0.3, -0.25) is 4.79 Å². The summed E-state index contributed by atoms with van der Waals surface area (Å²) < 4.78 is 1.65. The average Bonchev–Trinajstić information content (AvgIpc) is 2.22. The van der Waals surface area contributed by atoms with Crippen molar-refractivity contribution >= 4 is 43.5 Å². The van der Waals surface area contributed by atoms with Gasteiger partial charge in [0.2, 0.25) is 5.91 Å². The minimum atomic E-state index is -0.501. The first kappa shape index (κ1) is 13.7. The maximum Gasteiger partial charge on any atom is 0.241 e. The van der Waals surface area contributed by atoms with Crippen LogP contribution in [-0.4, -0.2) is 11.9 Å². The molecule has 0 bridgehead atoms. The molecule has 0 saturated carbocycles. The molecule has 0 spiro atoms. The Morgan fingerprint density at radius 3 is 2.25 bits per heavy atom. The van der Waals surface area contributed by atoms with Gasteiger partial charge in [0.05, 0.1) is 11.7 Å². The van der Waals surface area contributed by atoms with Crippen LogP contribution in [0.3, 0.4) is 0 Å². The number of nitrogens with one attached hydrogen (secondary N) is 1. The van der Waals surface area contributed by atoms with Gasteiger partial charge in [-0.15, -0.1) is 0 Å². The van der Waals surface area contributed by atoms with Crippen LogP contribution in [0.15, 0.2) is 27.1 Å². The van der Waals surface area contributed by atoms with Crippen LogP contribution in [0, 0.1) is 5.92 Å². The summed E-state index contributed by atoms with van der Waals surface area (Å²) in [7, 11) is 0. The Morgan fingerprint density at radius 2 is 1.81 bits per heavy atom. The highest BCUT2D eigenvalue weighted by Crippen LogP contribution is 2.30. The zero-order valence-electron chi connectivity index (χ0n) is 9.13. The summed E-state index contributed by atoms with van der Waals surface area (Å²) in [4.78, 5) is 11.8. The molecule has 0 saturated heterocycles. The molecule has 0 aliphatic heterocycles. The van der Waals surface area contributed by atoms with Crippen LogP contribution >= 0.6 is 31.9 Å². The topological polar surface area (TPSA) is 55.1 Å². The Hall–Kier alpha value is -0.390. The van der Waals surface area contributed by atoms with Crippen molar-refractivity contribution < 1.29 is 4.79 Å². The smallest absolute Gasteiger partial charge is 0.241 e. The van der Waals surface area contributed by atoms with Crippen molar-refractivity contribution in [1.82, 2.24) is 0 Å². The molecular formula is C11H14Br2N2O. The van der Waals surface area contributed by atoms with E-state index in [1.165, 1.54) is 0 Å². The quantitative estimate of drug-likeness (QED) is 0.880. The molecule has 0 aliphatic carbocycles. The lowest BCUT2D eigenvalue weighted by Gasteiger charge is -2.16. The van der Waals surface area contributed by atoms with E-state index < -0.39 is 6.04 Å². The summed E-state index contributed by atoms with van der Waals surface area (Å²) in [6.07, 6.45) is 0. The van der Waals surface area contributed by atoms with Crippen LogP contribution in [0.5, 0.6) is 0 Å². The van der Waals surface area contributed by atoms with E-state index in [0.717, 1.165) is 8.95 Å². The van der Waals surface area contributed by atoms with Gasteiger partial charge in [-0.2, -0.15) is 0 Å². The first-order chi connectivity index (χ1) is 7.43. The highest BCUT2D eigenvalue weighted by atomic mass is 79.9. The van der Waals surface area contributed by atoms with Gasteiger partial charge in [0.1, 0.15) is 0 Å². The number of halogens is 2. The molecule has 1 rings (SSSR count). The second kappa shape index (κ2) is 5.80. The number of carbonyl (C=O) groups is 1. The minimum Gasteiger partial charge on any atom is -0.323 e. The lowest BCUT2D eigenvalue weighted by molar-refractivity contribution is -0.118. The first-order valence-corrected chi connectivity index (χ1v) is 6.52. The SMILES string of the molecule is CC(C)C(N)C(=O)Nc1c(Br)cccc1Br. The lowest BCUT2D eigenvalue weighted by Crippen LogP contribution is -2.39. The third-order valence-corrected chi connectivity index (χ3v) is 3.55. The number of hydrogen-bond donors (Lipinski definition) is 2. The van der Waals surface area contributed by atoms with Crippen molar-refractivity contribution in [3.8, 4) is 0 Å². The van der Waals surface area contributed by atoms with Crippen LogP contribution in [-0.2, 0) is 4.79 Å². The van der Waals surface area contributed by atoms with Crippen LogP contribution < -0.4 is 11.1 Å². The number of hydrogen-bond acceptors (Lipinski definition) is 2. The molecular weight excluding hydrogens is 336 g/mol. The largest absolute Gasteiger partial charge is 0.323 e. The normalized spacial score (nSPS) is 12.6. The van der Waals surface area contributed by atoms with Gasteiger partial charge in [-0.25, -0.2) is 0 Å². The molecule has 1 atom stereocenters. The molecule has 1 aromatic carbocycles. The zero-order chi connectivity index (χ0) is 12.3. The molecule has 1 aromatic rings. The van der Waals surface area contributed by atoms with Crippen LogP contribution in [0.25, 0.3) is 0 Å². The summed E-state index contributed by atoms with van der Waals surface area (Å²) in [6, 6.07) is 5.10. The Balaban J connectivity index is 2.85. The van der Waals surface area contributed by atoms with Crippen LogP contribution in [0.2, 0.25) is 0 Å². The molecule has 0 heterocycles. The van der Waals surface area contributed by atoms with Gasteiger partial charge < -0.3 is 11.1 Å². The molecule has 3 nitrogen and oxygen atoms in total. The number of amides is 1. The number of nitrogens with two attached hydrogens (primary N) is 1. The van der Waals surface area contributed by atoms with Gasteiger partial charge in [0.15, 0.2) is 0 Å². The van der Waals surface area contributed by atoms with E-state index in [2.05, 4.69) is 37.2 Å². The third-order valence-electron chi connectivity index (χ3n) is 2.23. The van der Waals surface area contributed by atoms with Gasteiger partial charge in [-0.05, 0) is 49.9 Å². The number of benzene rings is 1. The molecule has 0 radical (unpaired) electrons. The highest BCUT2D eigenvalue weighted by molar-refractivity contribution is 9.11. The first-order valence-electron chi connectivity index (χ1n) is 4.94. The monoisotopic (exact) mass is 348 g/mol. The second-order valence-electron chi connectivity index (χ2n) is 3.86. The van der Waals surface area contributed by atoms with E-state index in [4.69, 9.17) is 5.73 Å². The van der Waals surface area contributed by atoms with Crippen molar-refractivity contribution in [2.24, 2.45) is 11.7 Å². The average molecular weight is 350 g/mol. The van der Waals surface area contributed by atoms with Crippen molar-refractivity contribution in [2.45, 2.75) is 19.9 Å². The standard InChI is InChI=1S/C11H14Br2N2O/c1-6(2)9(14)11(16)15-10-7(12)4-3-5-8(10)13/h3-6,9H,14H2,1-2H3,(H,15,16). The number of anilines is 1. The fourth-order valence-corrected chi connectivity index (χ4v) is 2.32. The number of para-hydroxylation sites is 1. The summed E-state index contributed by atoms with van der Waals surface area (Å²) >= 11 is 6.75. The molecule has 0 aliphatic rings. The summed E-state index contributed by atoms with van der Waals surface area (Å²) in [5, 5.41) is 2.80. The summed E-state index contributed by atoms with van der Waals surface area (Å²) in [6.45, 7) is 3.83. The Bertz CT molecular complexity index is 373. The van der Waals surface area contributed by atoms with E-state index in [1.54, 1.807) is 0 Å². The molecule has 5 heteroatoms. The van der Waals surface area contributed by atoms with Gasteiger partial charge in [-0.1, -0.05) is 19.9 Å². The van der Waals surface area contributed by atoms with Crippen molar-refractivity contribution in [3.63, 3.8) is 0 Å². The highest BCUT2D eigenvalue weighted by Gasteiger charge is 2.18. The molecule has 0 fully saturated rings. The molecule has 1 unspecified atom stereocenters. The second-order valence-corrected chi connectivity index (χ2v) is 5.56. The van der Waals surface area contributed by atoms with E-state index in [1.807, 2.05) is 32.0 Å². The fourth-order valence-electron chi connectivity index (χ4n) is 1.13. The molecule has 0 aromatic heterocycles. The van der Waals surface area contributed by atoms with Crippen LogP contribution in [0.4, 0.5) is 5.69 Å². The lowest BCUT2D eigenvalue weighted by atomic mass is 10.1. The maximum atomic E-state index is 11.8. The van der Waals surface area contributed by atoms with Crippen molar-refractivity contribution in [2.75, 3.05) is 5.32 Å². The maximum absolute atomic E-state index is 11.8. The molecule has 1 amide bonds. The number of carbonyl (C=O) groups excluding carboxylic acids is 1. The van der Waals surface area contributed by atoms with E-state index in [0.29, 0.717) is 5.69 Å². The summed E-state index contributed by atoms with van der Waals surface area (Å²) in [5.41, 5.74) is 6.48. The van der Waals surface area contributed by atoms with Crippen molar-refractivity contribution in [3.05, 3.63) is 27.1 Å². The van der Waals surface area contributed by atoms with Gasteiger partial charge in [0.25, 0.3) is 0 Å². The van der Waals surface area contributed by atoms with E-state index in [-0.39, 0.29) is 11.8 Å². The minimum absolute atomic E-state index is 0.112. The Labute approximate surface area is 112 Å². The molecule has 16 heavy (non-hydrogen) atoms. The van der Waals surface area contributed by atoms with Crippen molar-refractivity contribution in [1.29, 1.82) is 0 Å². The predicted octanol–water partition coefficient (Wildman–Crippen LogP) is 3.13. The third kappa shape index (κ3) is 3.30. The Kier molecular flexibility index (Phi) is 4.95. The van der Waals surface area contributed by atoms with Crippen LogP contribution in [0.1, 0.15) is 13.8 Å². The van der Waals surface area contributed by atoms with E-state index in [9.17, 15) is 4.79 Å². The summed E-state index contributed by atoms with van der Waals surface area (Å²) in [5.74, 6) is -0.0659. The molecule has 3 N–H and O–H groups in total. The molecule has 88 valence electrons. The van der Waals surface area contributed by atoms with E-state index >= 15 is 0 Å². The fraction of sp³-hybridized carbons (Fsp3) is 0.364. The number of rotatable bonds is 3. The Morgan fingerprint density at radius 1 is 1.31 bits per heavy atom.